The molecular formula is C14H12Cl2N4S. The fourth-order valence-corrected chi connectivity index (χ4v) is 3.06. The van der Waals surface area contributed by atoms with Crippen molar-refractivity contribution in [2.75, 3.05) is 11.9 Å². The lowest BCUT2D eigenvalue weighted by atomic mass is 10.2. The molecule has 4 nitrogen and oxygen atoms in total. The Bertz CT molecular complexity index is 774. The van der Waals surface area contributed by atoms with E-state index in [2.05, 4.69) is 27.2 Å². The van der Waals surface area contributed by atoms with Gasteiger partial charge in [0, 0.05) is 23.2 Å². The van der Waals surface area contributed by atoms with E-state index in [-0.39, 0.29) is 0 Å². The van der Waals surface area contributed by atoms with Gasteiger partial charge in [0.05, 0.1) is 20.9 Å². The van der Waals surface area contributed by atoms with Crippen LogP contribution in [0.5, 0.6) is 0 Å². The predicted octanol–water partition coefficient (Wildman–Crippen LogP) is 4.88. The van der Waals surface area contributed by atoms with Crippen molar-refractivity contribution in [3.63, 3.8) is 0 Å². The minimum absolute atomic E-state index is 0.519. The molecule has 0 aliphatic carbocycles. The highest BCUT2D eigenvalue weighted by molar-refractivity contribution is 7.13. The molecule has 0 spiro atoms. The summed E-state index contributed by atoms with van der Waals surface area (Å²) in [4.78, 5) is 14.1. The first-order valence-corrected chi connectivity index (χ1v) is 8.12. The van der Waals surface area contributed by atoms with Crippen molar-refractivity contribution in [3.05, 3.63) is 33.9 Å². The summed E-state index contributed by atoms with van der Waals surface area (Å²) in [6.45, 7) is 2.92. The minimum atomic E-state index is 0.519. The molecule has 0 aliphatic heterocycles. The lowest BCUT2D eigenvalue weighted by molar-refractivity contribution is 0.970. The van der Waals surface area contributed by atoms with E-state index in [9.17, 15) is 0 Å². The second-order valence-corrected chi connectivity index (χ2v) is 6.20. The Hall–Kier alpha value is -1.43. The fourth-order valence-electron chi connectivity index (χ4n) is 1.97. The lowest BCUT2D eigenvalue weighted by Gasteiger charge is -2.11. The van der Waals surface area contributed by atoms with Crippen molar-refractivity contribution >= 4 is 51.3 Å². The van der Waals surface area contributed by atoms with Crippen molar-refractivity contribution in [2.45, 2.75) is 13.3 Å². The summed E-state index contributed by atoms with van der Waals surface area (Å²) in [6, 6.07) is 3.52. The third-order valence-corrected chi connectivity index (χ3v) is 4.19. The number of hydrogen-bond donors (Lipinski definition) is 1. The largest absolute Gasteiger partial charge is 0.369 e. The SMILES string of the molecule is CCCNc1nc(-c2cncs2)nc2c(Cl)cc(Cl)cc12. The second kappa shape index (κ2) is 6.13. The van der Waals surface area contributed by atoms with Crippen LogP contribution in [0.25, 0.3) is 21.6 Å². The molecular weight excluding hydrogens is 327 g/mol. The second-order valence-electron chi connectivity index (χ2n) is 4.47. The van der Waals surface area contributed by atoms with Gasteiger partial charge in [-0.1, -0.05) is 30.1 Å². The molecule has 0 bridgehead atoms. The maximum Gasteiger partial charge on any atom is 0.173 e. The first kappa shape index (κ1) is 14.5. The zero-order valence-corrected chi connectivity index (χ0v) is 13.6. The molecule has 0 amide bonds. The van der Waals surface area contributed by atoms with E-state index >= 15 is 0 Å². The van der Waals surface area contributed by atoms with E-state index in [0.29, 0.717) is 21.4 Å². The van der Waals surface area contributed by atoms with Crippen LogP contribution in [0, 0.1) is 0 Å². The Morgan fingerprint density at radius 3 is 2.81 bits per heavy atom. The van der Waals surface area contributed by atoms with Crippen LogP contribution in [0.2, 0.25) is 10.0 Å². The molecule has 0 aliphatic rings. The highest BCUT2D eigenvalue weighted by Gasteiger charge is 2.13. The summed E-state index contributed by atoms with van der Waals surface area (Å²) >= 11 is 13.9. The zero-order valence-electron chi connectivity index (χ0n) is 11.2. The van der Waals surface area contributed by atoms with Crippen molar-refractivity contribution in [1.29, 1.82) is 0 Å². The topological polar surface area (TPSA) is 50.7 Å². The molecule has 0 atom stereocenters. The van der Waals surface area contributed by atoms with Crippen LogP contribution in [-0.4, -0.2) is 21.5 Å². The Morgan fingerprint density at radius 1 is 1.24 bits per heavy atom. The predicted molar refractivity (Wildman–Crippen MR) is 89.4 cm³/mol. The van der Waals surface area contributed by atoms with Crippen molar-refractivity contribution < 1.29 is 0 Å². The van der Waals surface area contributed by atoms with E-state index < -0.39 is 0 Å². The molecule has 108 valence electrons. The number of halogens is 2. The molecule has 0 radical (unpaired) electrons. The monoisotopic (exact) mass is 338 g/mol. The molecule has 1 aromatic carbocycles. The van der Waals surface area contributed by atoms with E-state index in [0.717, 1.165) is 29.0 Å². The third-order valence-electron chi connectivity index (χ3n) is 2.91. The smallest absolute Gasteiger partial charge is 0.173 e. The maximum atomic E-state index is 6.29. The number of nitrogens with zero attached hydrogens (tertiary/aromatic N) is 3. The summed E-state index contributed by atoms with van der Waals surface area (Å²) < 4.78 is 0. The van der Waals surface area contributed by atoms with Crippen LogP contribution in [0.15, 0.2) is 23.8 Å². The molecule has 0 unspecified atom stereocenters. The Morgan fingerprint density at radius 2 is 2.10 bits per heavy atom. The van der Waals surface area contributed by atoms with Gasteiger partial charge in [0.15, 0.2) is 5.82 Å². The number of thiazole rings is 1. The Labute approximate surface area is 136 Å². The van der Waals surface area contributed by atoms with Crippen LogP contribution in [-0.2, 0) is 0 Å². The quantitative estimate of drug-likeness (QED) is 0.736. The summed E-state index contributed by atoms with van der Waals surface area (Å²) in [5.41, 5.74) is 2.45. The molecule has 3 aromatic rings. The van der Waals surface area contributed by atoms with Gasteiger partial charge >= 0.3 is 0 Å². The number of anilines is 1. The number of hydrogen-bond acceptors (Lipinski definition) is 5. The summed E-state index contributed by atoms with van der Waals surface area (Å²) in [6.07, 6.45) is 2.74. The van der Waals surface area contributed by atoms with Gasteiger partial charge in [-0.3, -0.25) is 4.98 Å². The van der Waals surface area contributed by atoms with Crippen LogP contribution < -0.4 is 5.32 Å². The van der Waals surface area contributed by atoms with E-state index in [4.69, 9.17) is 23.2 Å². The first-order chi connectivity index (χ1) is 10.2. The van der Waals surface area contributed by atoms with E-state index in [1.165, 1.54) is 11.3 Å². The van der Waals surface area contributed by atoms with Gasteiger partial charge < -0.3 is 5.32 Å². The summed E-state index contributed by atoms with van der Waals surface area (Å²) in [7, 11) is 0. The van der Waals surface area contributed by atoms with Crippen LogP contribution in [0.1, 0.15) is 13.3 Å². The molecule has 3 rings (SSSR count). The normalized spacial score (nSPS) is 11.0. The summed E-state index contributed by atoms with van der Waals surface area (Å²) in [5.74, 6) is 1.36. The van der Waals surface area contributed by atoms with Crippen LogP contribution >= 0.6 is 34.5 Å². The minimum Gasteiger partial charge on any atom is -0.369 e. The molecule has 1 N–H and O–H groups in total. The number of rotatable bonds is 4. The average molecular weight is 339 g/mol. The van der Waals surface area contributed by atoms with Crippen molar-refractivity contribution in [1.82, 2.24) is 15.0 Å². The molecule has 0 saturated carbocycles. The average Bonchev–Trinajstić information content (AvgIpc) is 2.99. The van der Waals surface area contributed by atoms with Crippen LogP contribution in [0.3, 0.4) is 0 Å². The summed E-state index contributed by atoms with van der Waals surface area (Å²) in [5, 5.41) is 5.23. The number of benzene rings is 1. The van der Waals surface area contributed by atoms with Gasteiger partial charge in [0.2, 0.25) is 0 Å². The van der Waals surface area contributed by atoms with Gasteiger partial charge in [0.25, 0.3) is 0 Å². The molecule has 21 heavy (non-hydrogen) atoms. The van der Waals surface area contributed by atoms with Crippen LogP contribution in [0.4, 0.5) is 5.82 Å². The fraction of sp³-hybridized carbons (Fsp3) is 0.214. The molecule has 0 fully saturated rings. The Kier molecular flexibility index (Phi) is 4.24. The van der Waals surface area contributed by atoms with Gasteiger partial charge in [-0.25, -0.2) is 9.97 Å². The molecule has 7 heteroatoms. The van der Waals surface area contributed by atoms with Crippen molar-refractivity contribution in [2.24, 2.45) is 0 Å². The molecule has 2 aromatic heterocycles. The number of aromatic nitrogens is 3. The highest BCUT2D eigenvalue weighted by atomic mass is 35.5. The standard InChI is InChI=1S/C14H12Cl2N4S/c1-2-3-18-13-9-4-8(15)5-10(16)12(9)19-14(20-13)11-6-17-7-21-11/h4-7H,2-3H2,1H3,(H,18,19,20). The van der Waals surface area contributed by atoms with E-state index in [1.807, 2.05) is 6.07 Å². The zero-order chi connectivity index (χ0) is 14.8. The maximum absolute atomic E-state index is 6.29. The number of fused-ring (bicyclic) bond motifs is 1. The molecule has 0 saturated heterocycles. The number of nitrogens with one attached hydrogen (secondary N) is 1. The Balaban J connectivity index is 2.24. The first-order valence-electron chi connectivity index (χ1n) is 6.48. The van der Waals surface area contributed by atoms with Gasteiger partial charge in [0.1, 0.15) is 5.82 Å². The van der Waals surface area contributed by atoms with Gasteiger partial charge in [-0.05, 0) is 18.6 Å². The molecule has 2 heterocycles. The van der Waals surface area contributed by atoms with Gasteiger partial charge in [-0.2, -0.15) is 0 Å². The third kappa shape index (κ3) is 2.95. The highest BCUT2D eigenvalue weighted by Crippen LogP contribution is 2.33. The van der Waals surface area contributed by atoms with E-state index in [1.54, 1.807) is 17.8 Å². The van der Waals surface area contributed by atoms with Crippen molar-refractivity contribution in [3.8, 4) is 10.7 Å². The van der Waals surface area contributed by atoms with Gasteiger partial charge in [-0.15, -0.1) is 11.3 Å². The lowest BCUT2D eigenvalue weighted by Crippen LogP contribution is -2.04.